The first-order valence-corrected chi connectivity index (χ1v) is 0.805. The summed E-state index contributed by atoms with van der Waals surface area (Å²) in [7, 11) is 0. The van der Waals surface area contributed by atoms with Crippen molar-refractivity contribution in [3.8, 4) is 0 Å². The molecule has 3 heteroatoms. The summed E-state index contributed by atoms with van der Waals surface area (Å²) in [6.07, 6.45) is 0.389. The van der Waals surface area contributed by atoms with Crippen molar-refractivity contribution in [3.05, 3.63) is 0 Å². The maximum atomic E-state index is 8.81. The zero-order chi connectivity index (χ0) is 3.41. The third-order valence-corrected chi connectivity index (χ3v) is 0.0556. The van der Waals surface area contributed by atoms with Crippen molar-refractivity contribution in [2.75, 3.05) is 0 Å². The number of rotatable bonds is 1. The summed E-state index contributed by atoms with van der Waals surface area (Å²) < 4.78 is 0. The standard InChI is InChI=1S/C2H2O2.Al/c3-1-2-4;/h1-2H;. The van der Waals surface area contributed by atoms with Gasteiger partial charge in [-0.05, 0) is 0 Å². The van der Waals surface area contributed by atoms with E-state index in [0.717, 1.165) is 0 Å². The van der Waals surface area contributed by atoms with E-state index in [2.05, 4.69) is 0 Å². The topological polar surface area (TPSA) is 34.1 Å². The lowest BCUT2D eigenvalue weighted by Crippen LogP contribution is -1.62. The van der Waals surface area contributed by atoms with Gasteiger partial charge in [0.05, 0.1) is 0 Å². The van der Waals surface area contributed by atoms with Crippen LogP contribution in [0.2, 0.25) is 0 Å². The van der Waals surface area contributed by atoms with Crippen molar-refractivity contribution in [1.82, 2.24) is 0 Å². The van der Waals surface area contributed by atoms with E-state index in [9.17, 15) is 0 Å². The van der Waals surface area contributed by atoms with Crippen LogP contribution >= 0.6 is 0 Å². The van der Waals surface area contributed by atoms with E-state index in [0.29, 0.717) is 0 Å². The van der Waals surface area contributed by atoms with Crippen LogP contribution in [0.25, 0.3) is 0 Å². The Bertz CT molecular complexity index is 28.6. The highest BCUT2D eigenvalue weighted by Crippen LogP contribution is 1.12. The molecule has 0 spiro atoms. The first kappa shape index (κ1) is 8.86. The van der Waals surface area contributed by atoms with Gasteiger partial charge in [0.25, 0.3) is 0 Å². The molecule has 25 valence electrons. The second-order valence-corrected chi connectivity index (χ2v) is 0.272. The Morgan fingerprint density at radius 1 is 1.00 bits per heavy atom. The summed E-state index contributed by atoms with van der Waals surface area (Å²) in [6, 6.07) is 0. The molecule has 0 atom stereocenters. The summed E-state index contributed by atoms with van der Waals surface area (Å²) in [4.78, 5) is 17.6. The van der Waals surface area contributed by atoms with Crippen molar-refractivity contribution in [2.24, 2.45) is 0 Å². The molecule has 0 aromatic carbocycles. The fourth-order valence-corrected chi connectivity index (χ4v) is 0. The van der Waals surface area contributed by atoms with Gasteiger partial charge in [0.15, 0.2) is 12.6 Å². The van der Waals surface area contributed by atoms with Gasteiger partial charge in [-0.1, -0.05) is 0 Å². The molecule has 5 heavy (non-hydrogen) atoms. The second kappa shape index (κ2) is 9.11. The summed E-state index contributed by atoms with van der Waals surface area (Å²) in [6.45, 7) is 0. The van der Waals surface area contributed by atoms with Gasteiger partial charge >= 0.3 is 0 Å². The molecule has 0 fully saturated rings. The highest BCUT2D eigenvalue weighted by Gasteiger charge is 1.47. The molecule has 0 aliphatic rings. The third kappa shape index (κ3) is 17.8. The SMILES string of the molecule is O=CC=O.[Al]. The lowest BCUT2D eigenvalue weighted by molar-refractivity contribution is -0.122. The minimum atomic E-state index is 0. The Balaban J connectivity index is 0. The molecular formula is C2H2AlO2. The van der Waals surface area contributed by atoms with Crippen LogP contribution in [0, 0.1) is 0 Å². The minimum Gasteiger partial charge on any atom is -0.295 e. The predicted octanol–water partition coefficient (Wildman–Crippen LogP) is -0.997. The molecule has 0 N–H and O–H groups in total. The van der Waals surface area contributed by atoms with Gasteiger partial charge in [0.2, 0.25) is 0 Å². The van der Waals surface area contributed by atoms with Gasteiger partial charge in [-0.15, -0.1) is 0 Å². The monoisotopic (exact) mass is 85.0 g/mol. The Hall–Kier alpha value is -0.128. The Labute approximate surface area is 40.3 Å². The van der Waals surface area contributed by atoms with Crippen LogP contribution in [0.4, 0.5) is 0 Å². The van der Waals surface area contributed by atoms with Gasteiger partial charge in [-0.3, -0.25) is 9.59 Å². The highest BCUT2D eigenvalue weighted by molar-refractivity contribution is 6.09. The van der Waals surface area contributed by atoms with Gasteiger partial charge in [0.1, 0.15) is 0 Å². The first-order chi connectivity index (χ1) is 1.91. The summed E-state index contributed by atoms with van der Waals surface area (Å²) in [5, 5.41) is 0. The van der Waals surface area contributed by atoms with Gasteiger partial charge < -0.3 is 0 Å². The largest absolute Gasteiger partial charge is 0.295 e. The van der Waals surface area contributed by atoms with Crippen molar-refractivity contribution in [1.29, 1.82) is 0 Å². The Morgan fingerprint density at radius 3 is 1.20 bits per heavy atom. The van der Waals surface area contributed by atoms with Crippen molar-refractivity contribution >= 4 is 29.9 Å². The lowest BCUT2D eigenvalue weighted by Gasteiger charge is -1.31. The smallest absolute Gasteiger partial charge is 0.182 e. The molecule has 2 nitrogen and oxygen atoms in total. The van der Waals surface area contributed by atoms with Crippen molar-refractivity contribution < 1.29 is 9.59 Å². The zero-order valence-electron chi connectivity index (χ0n) is 2.55. The normalized spacial score (nSPS) is 4.00. The molecule has 0 amide bonds. The number of carbonyl (C=O) groups is 2. The molecular weight excluding hydrogens is 83.0 g/mol. The quantitative estimate of drug-likeness (QED) is 0.232. The molecule has 0 rings (SSSR count). The molecule has 0 aromatic heterocycles. The fourth-order valence-electron chi connectivity index (χ4n) is 0. The van der Waals surface area contributed by atoms with Crippen LogP contribution in [0.15, 0.2) is 0 Å². The van der Waals surface area contributed by atoms with Gasteiger partial charge in [-0.25, -0.2) is 0 Å². The van der Waals surface area contributed by atoms with E-state index < -0.39 is 0 Å². The van der Waals surface area contributed by atoms with Crippen molar-refractivity contribution in [3.63, 3.8) is 0 Å². The fraction of sp³-hybridized carbons (Fsp3) is 0. The maximum Gasteiger partial charge on any atom is 0.182 e. The van der Waals surface area contributed by atoms with E-state index >= 15 is 0 Å². The number of hydrogen-bond donors (Lipinski definition) is 0. The molecule has 0 bridgehead atoms. The van der Waals surface area contributed by atoms with Crippen LogP contribution in [0.1, 0.15) is 0 Å². The molecule has 0 aliphatic heterocycles. The predicted molar refractivity (Wildman–Crippen MR) is 17.9 cm³/mol. The van der Waals surface area contributed by atoms with E-state index in [1.54, 1.807) is 0 Å². The van der Waals surface area contributed by atoms with Crippen molar-refractivity contribution in [2.45, 2.75) is 0 Å². The second-order valence-electron chi connectivity index (χ2n) is 0.272. The zero-order valence-corrected chi connectivity index (χ0v) is 3.70. The highest BCUT2D eigenvalue weighted by atomic mass is 27.0. The third-order valence-electron chi connectivity index (χ3n) is 0.0556. The summed E-state index contributed by atoms with van der Waals surface area (Å²) >= 11 is 0. The molecule has 0 aliphatic carbocycles. The summed E-state index contributed by atoms with van der Waals surface area (Å²) in [5.74, 6) is 0. The van der Waals surface area contributed by atoms with Gasteiger partial charge in [0, 0.05) is 17.4 Å². The number of hydrogen-bond acceptors (Lipinski definition) is 2. The van der Waals surface area contributed by atoms with E-state index in [-0.39, 0.29) is 29.9 Å². The van der Waals surface area contributed by atoms with E-state index in [1.807, 2.05) is 0 Å². The summed E-state index contributed by atoms with van der Waals surface area (Å²) in [5.41, 5.74) is 0. The van der Waals surface area contributed by atoms with Crippen LogP contribution in [0.5, 0.6) is 0 Å². The van der Waals surface area contributed by atoms with Crippen LogP contribution in [0.3, 0.4) is 0 Å². The number of carbonyl (C=O) groups excluding carboxylic acids is 2. The first-order valence-electron chi connectivity index (χ1n) is 0.805. The van der Waals surface area contributed by atoms with E-state index in [1.165, 1.54) is 0 Å². The lowest BCUT2D eigenvalue weighted by atomic mass is 10.9. The van der Waals surface area contributed by atoms with E-state index in [4.69, 9.17) is 9.59 Å². The minimum absolute atomic E-state index is 0. The van der Waals surface area contributed by atoms with Gasteiger partial charge in [-0.2, -0.15) is 0 Å². The molecule has 0 saturated heterocycles. The molecule has 0 unspecified atom stereocenters. The Morgan fingerprint density at radius 2 is 1.20 bits per heavy atom. The molecule has 3 radical (unpaired) electrons. The molecule has 0 saturated carbocycles. The Kier molecular flexibility index (Phi) is 16.1. The van der Waals surface area contributed by atoms with Crippen LogP contribution in [-0.4, -0.2) is 29.9 Å². The average Bonchev–Trinajstić information content (AvgIpc) is 1.37. The maximum absolute atomic E-state index is 8.81. The van der Waals surface area contributed by atoms with Crippen LogP contribution < -0.4 is 0 Å². The molecule has 0 aromatic rings. The number of aldehydes is 2. The van der Waals surface area contributed by atoms with Crippen LogP contribution in [-0.2, 0) is 9.59 Å². The molecule has 0 heterocycles. The average molecular weight is 85.0 g/mol.